The fourth-order valence-corrected chi connectivity index (χ4v) is 2.08. The van der Waals surface area contributed by atoms with Gasteiger partial charge in [-0.1, -0.05) is 30.1 Å². The van der Waals surface area contributed by atoms with E-state index < -0.39 is 5.97 Å². The minimum absolute atomic E-state index is 0.0863. The van der Waals surface area contributed by atoms with Gasteiger partial charge in [0.1, 0.15) is 11.9 Å². The molecule has 0 heterocycles. The summed E-state index contributed by atoms with van der Waals surface area (Å²) >= 11 is 11.8. The molecule has 1 unspecified atom stereocenters. The average Bonchev–Trinajstić information content (AvgIpc) is 2.49. The number of aliphatic carboxylic acids is 1. The lowest BCUT2D eigenvalue weighted by molar-refractivity contribution is -0.136. The third-order valence-electron chi connectivity index (χ3n) is 3.09. The van der Waals surface area contributed by atoms with Crippen molar-refractivity contribution >= 4 is 35.2 Å². The summed E-state index contributed by atoms with van der Waals surface area (Å²) in [6.07, 6.45) is 0.353. The van der Waals surface area contributed by atoms with Gasteiger partial charge < -0.3 is 20.1 Å². The average molecular weight is 363 g/mol. The number of nitrogens with zero attached hydrogens (tertiary/aromatic N) is 1. The van der Waals surface area contributed by atoms with E-state index in [2.05, 4.69) is 5.32 Å². The van der Waals surface area contributed by atoms with Gasteiger partial charge in [0, 0.05) is 19.7 Å². The quantitative estimate of drug-likeness (QED) is 0.743. The van der Waals surface area contributed by atoms with Gasteiger partial charge >= 0.3 is 12.0 Å². The predicted octanol–water partition coefficient (Wildman–Crippen LogP) is 3.27. The van der Waals surface area contributed by atoms with Crippen LogP contribution in [0.15, 0.2) is 18.2 Å². The van der Waals surface area contributed by atoms with Crippen LogP contribution < -0.4 is 10.1 Å². The summed E-state index contributed by atoms with van der Waals surface area (Å²) in [5.41, 5.74) is 0. The molecule has 1 rings (SSSR count). The molecule has 1 aromatic rings. The van der Waals surface area contributed by atoms with Gasteiger partial charge in [-0.25, -0.2) is 4.79 Å². The van der Waals surface area contributed by atoms with Crippen molar-refractivity contribution in [3.8, 4) is 5.75 Å². The summed E-state index contributed by atoms with van der Waals surface area (Å²) in [7, 11) is 1.62. The van der Waals surface area contributed by atoms with Crippen LogP contribution in [-0.4, -0.2) is 48.2 Å². The lowest BCUT2D eigenvalue weighted by Gasteiger charge is -2.24. The Balaban J connectivity index is 2.52. The first-order valence-corrected chi connectivity index (χ1v) is 7.91. The molecule has 0 aromatic heterocycles. The van der Waals surface area contributed by atoms with Crippen molar-refractivity contribution in [3.63, 3.8) is 0 Å². The number of ether oxygens (including phenoxy) is 1. The Morgan fingerprint density at radius 2 is 2.04 bits per heavy atom. The Labute approximate surface area is 145 Å². The van der Waals surface area contributed by atoms with E-state index in [1.165, 1.54) is 4.90 Å². The molecule has 0 aliphatic heterocycles. The van der Waals surface area contributed by atoms with Crippen LogP contribution in [0.2, 0.25) is 10.0 Å². The van der Waals surface area contributed by atoms with Crippen LogP contribution in [0, 0.1) is 0 Å². The number of nitrogens with one attached hydrogen (secondary N) is 1. The maximum absolute atomic E-state index is 11.9. The maximum atomic E-state index is 11.9. The van der Waals surface area contributed by atoms with E-state index in [9.17, 15) is 9.59 Å². The van der Waals surface area contributed by atoms with Gasteiger partial charge in [0.25, 0.3) is 0 Å². The van der Waals surface area contributed by atoms with E-state index >= 15 is 0 Å². The second-order valence-electron chi connectivity index (χ2n) is 4.98. The standard InChI is InChI=1S/C15H20Cl2N2O4/c1-3-10(23-11-4-5-12(16)13(17)8-11)9-19(2)15(22)18-7-6-14(20)21/h4-5,8,10H,3,6-7,9H2,1-2H3,(H,18,22)(H,20,21). The van der Waals surface area contributed by atoms with Crippen LogP contribution in [0.4, 0.5) is 4.79 Å². The number of carbonyl (C=O) groups is 2. The Morgan fingerprint density at radius 1 is 1.35 bits per heavy atom. The Bertz CT molecular complexity index is 554. The highest BCUT2D eigenvalue weighted by Gasteiger charge is 2.16. The third-order valence-corrected chi connectivity index (χ3v) is 3.83. The summed E-state index contributed by atoms with van der Waals surface area (Å²) < 4.78 is 5.80. The van der Waals surface area contributed by atoms with Gasteiger partial charge in [-0.15, -0.1) is 0 Å². The molecular weight excluding hydrogens is 343 g/mol. The second kappa shape index (κ2) is 9.47. The van der Waals surface area contributed by atoms with E-state index in [-0.39, 0.29) is 25.1 Å². The fraction of sp³-hybridized carbons (Fsp3) is 0.467. The largest absolute Gasteiger partial charge is 0.489 e. The molecular formula is C15H20Cl2N2O4. The molecule has 8 heteroatoms. The van der Waals surface area contributed by atoms with Crippen molar-refractivity contribution < 1.29 is 19.4 Å². The van der Waals surface area contributed by atoms with Gasteiger partial charge in [0.05, 0.1) is 23.0 Å². The topological polar surface area (TPSA) is 78.9 Å². The minimum Gasteiger partial charge on any atom is -0.489 e. The maximum Gasteiger partial charge on any atom is 0.317 e. The third kappa shape index (κ3) is 6.97. The van der Waals surface area contributed by atoms with Crippen molar-refractivity contribution in [2.45, 2.75) is 25.9 Å². The molecule has 2 amide bonds. The first kappa shape index (κ1) is 19.4. The zero-order chi connectivity index (χ0) is 17.4. The zero-order valence-corrected chi connectivity index (χ0v) is 14.5. The minimum atomic E-state index is -0.956. The van der Waals surface area contributed by atoms with Gasteiger partial charge in [-0.3, -0.25) is 4.79 Å². The van der Waals surface area contributed by atoms with Gasteiger partial charge in [0.15, 0.2) is 0 Å². The number of benzene rings is 1. The molecule has 0 spiro atoms. The summed E-state index contributed by atoms with van der Waals surface area (Å²) in [4.78, 5) is 23.7. The van der Waals surface area contributed by atoms with E-state index in [0.29, 0.717) is 28.8 Å². The summed E-state index contributed by atoms with van der Waals surface area (Å²) in [5.74, 6) is -0.381. The van der Waals surface area contributed by atoms with Crippen molar-refractivity contribution in [2.75, 3.05) is 20.1 Å². The highest BCUT2D eigenvalue weighted by atomic mass is 35.5. The van der Waals surface area contributed by atoms with Crippen molar-refractivity contribution in [2.24, 2.45) is 0 Å². The highest BCUT2D eigenvalue weighted by Crippen LogP contribution is 2.27. The SMILES string of the molecule is CCC(CN(C)C(=O)NCCC(=O)O)Oc1ccc(Cl)c(Cl)c1. The number of carboxylic acids is 1. The van der Waals surface area contributed by atoms with Gasteiger partial charge in [-0.05, 0) is 18.6 Å². The molecule has 1 atom stereocenters. The molecule has 0 fully saturated rings. The van der Waals surface area contributed by atoms with Crippen LogP contribution >= 0.6 is 23.2 Å². The predicted molar refractivity (Wildman–Crippen MR) is 89.5 cm³/mol. The molecule has 0 bridgehead atoms. The van der Waals surface area contributed by atoms with Crippen LogP contribution in [0.1, 0.15) is 19.8 Å². The molecule has 0 aliphatic rings. The van der Waals surface area contributed by atoms with Crippen molar-refractivity contribution in [3.05, 3.63) is 28.2 Å². The first-order chi connectivity index (χ1) is 10.8. The van der Waals surface area contributed by atoms with Gasteiger partial charge in [-0.2, -0.15) is 0 Å². The molecule has 1 aromatic carbocycles. The monoisotopic (exact) mass is 362 g/mol. The number of carbonyl (C=O) groups excluding carboxylic acids is 1. The smallest absolute Gasteiger partial charge is 0.317 e. The molecule has 6 nitrogen and oxygen atoms in total. The number of hydrogen-bond acceptors (Lipinski definition) is 3. The molecule has 23 heavy (non-hydrogen) atoms. The highest BCUT2D eigenvalue weighted by molar-refractivity contribution is 6.42. The lowest BCUT2D eigenvalue weighted by atomic mass is 10.2. The van der Waals surface area contributed by atoms with Gasteiger partial charge in [0.2, 0.25) is 0 Å². The van der Waals surface area contributed by atoms with E-state index in [4.69, 9.17) is 33.0 Å². The Hall–Kier alpha value is -1.66. The fourth-order valence-electron chi connectivity index (χ4n) is 1.79. The summed E-state index contributed by atoms with van der Waals surface area (Å²) in [6, 6.07) is 4.64. The number of rotatable bonds is 8. The normalized spacial score (nSPS) is 11.7. The molecule has 2 N–H and O–H groups in total. The van der Waals surface area contributed by atoms with E-state index in [0.717, 1.165) is 0 Å². The second-order valence-corrected chi connectivity index (χ2v) is 5.79. The lowest BCUT2D eigenvalue weighted by Crippen LogP contribution is -2.43. The summed E-state index contributed by atoms with van der Waals surface area (Å²) in [5, 5.41) is 11.9. The Morgan fingerprint density at radius 3 is 2.61 bits per heavy atom. The van der Waals surface area contributed by atoms with E-state index in [1.807, 2.05) is 6.92 Å². The van der Waals surface area contributed by atoms with E-state index in [1.54, 1.807) is 25.2 Å². The number of likely N-dealkylation sites (N-methyl/N-ethyl adjacent to an activating group) is 1. The van der Waals surface area contributed by atoms with Crippen LogP contribution in [-0.2, 0) is 4.79 Å². The van der Waals surface area contributed by atoms with Crippen LogP contribution in [0.3, 0.4) is 0 Å². The molecule has 128 valence electrons. The molecule has 0 aliphatic carbocycles. The zero-order valence-electron chi connectivity index (χ0n) is 13.0. The van der Waals surface area contributed by atoms with Crippen molar-refractivity contribution in [1.29, 1.82) is 0 Å². The number of amides is 2. The molecule has 0 saturated carbocycles. The molecule has 0 radical (unpaired) electrons. The Kier molecular flexibility index (Phi) is 7.98. The number of hydrogen-bond donors (Lipinski definition) is 2. The number of urea groups is 1. The van der Waals surface area contributed by atoms with Crippen LogP contribution in [0.5, 0.6) is 5.75 Å². The molecule has 0 saturated heterocycles. The number of carboxylic acid groups (broad SMARTS) is 1. The number of halogens is 2. The summed E-state index contributed by atoms with van der Waals surface area (Å²) in [6.45, 7) is 2.39. The van der Waals surface area contributed by atoms with Crippen LogP contribution in [0.25, 0.3) is 0 Å². The van der Waals surface area contributed by atoms with Crippen molar-refractivity contribution in [1.82, 2.24) is 10.2 Å². The first-order valence-electron chi connectivity index (χ1n) is 7.16.